The molecule has 0 saturated carbocycles. The predicted molar refractivity (Wildman–Crippen MR) is 88.4 cm³/mol. The number of hydrogen-bond donors (Lipinski definition) is 1. The van der Waals surface area contributed by atoms with Gasteiger partial charge in [0.2, 0.25) is 5.95 Å². The van der Waals surface area contributed by atoms with Crippen LogP contribution >= 0.6 is 0 Å². The zero-order valence-electron chi connectivity index (χ0n) is 14.2. The van der Waals surface area contributed by atoms with E-state index in [9.17, 15) is 9.59 Å². The molecular weight excluding hydrogens is 282 g/mol. The first-order chi connectivity index (χ1) is 10.2. The molecule has 7 heteroatoms. The fourth-order valence-corrected chi connectivity index (χ4v) is 2.42. The minimum atomic E-state index is -0.359. The summed E-state index contributed by atoms with van der Waals surface area (Å²) in [7, 11) is 3.14. The van der Waals surface area contributed by atoms with E-state index >= 15 is 0 Å². The van der Waals surface area contributed by atoms with Crippen molar-refractivity contribution in [1.82, 2.24) is 18.7 Å². The molecule has 1 N–H and O–H groups in total. The maximum Gasteiger partial charge on any atom is 0.332 e. The van der Waals surface area contributed by atoms with Crippen molar-refractivity contribution in [2.45, 2.75) is 34.2 Å². The number of anilines is 1. The Kier molecular flexibility index (Phi) is 4.44. The van der Waals surface area contributed by atoms with Crippen molar-refractivity contribution in [3.8, 4) is 0 Å². The Labute approximate surface area is 129 Å². The minimum Gasteiger partial charge on any atom is -0.355 e. The van der Waals surface area contributed by atoms with Crippen LogP contribution in [0.3, 0.4) is 0 Å². The van der Waals surface area contributed by atoms with Crippen LogP contribution in [-0.2, 0) is 20.6 Å². The van der Waals surface area contributed by atoms with E-state index < -0.39 is 0 Å². The molecule has 0 radical (unpaired) electrons. The topological polar surface area (TPSA) is 73.8 Å². The van der Waals surface area contributed by atoms with Crippen LogP contribution in [0, 0.1) is 11.8 Å². The van der Waals surface area contributed by atoms with Gasteiger partial charge in [-0.25, -0.2) is 4.79 Å². The van der Waals surface area contributed by atoms with Crippen molar-refractivity contribution in [2.75, 3.05) is 11.9 Å². The summed E-state index contributed by atoms with van der Waals surface area (Å²) in [4.78, 5) is 29.1. The number of fused-ring (bicyclic) bond motifs is 1. The van der Waals surface area contributed by atoms with Crippen LogP contribution in [0.5, 0.6) is 0 Å². The maximum atomic E-state index is 12.5. The van der Waals surface area contributed by atoms with Gasteiger partial charge in [0.25, 0.3) is 5.56 Å². The van der Waals surface area contributed by atoms with E-state index in [1.165, 1.54) is 11.6 Å². The molecule has 0 bridgehead atoms. The number of nitrogens with one attached hydrogen (secondary N) is 1. The lowest BCUT2D eigenvalue weighted by Gasteiger charge is -2.13. The number of rotatable bonds is 5. The molecule has 0 aliphatic rings. The normalized spacial score (nSPS) is 11.8. The van der Waals surface area contributed by atoms with E-state index in [1.807, 2.05) is 4.57 Å². The lowest BCUT2D eigenvalue weighted by Crippen LogP contribution is -2.37. The van der Waals surface area contributed by atoms with Gasteiger partial charge < -0.3 is 9.88 Å². The van der Waals surface area contributed by atoms with E-state index in [2.05, 4.69) is 38.0 Å². The van der Waals surface area contributed by atoms with Gasteiger partial charge in [-0.05, 0) is 11.8 Å². The van der Waals surface area contributed by atoms with Gasteiger partial charge >= 0.3 is 5.69 Å². The molecule has 2 rings (SSSR count). The fraction of sp³-hybridized carbons (Fsp3) is 0.667. The lowest BCUT2D eigenvalue weighted by atomic mass is 10.2. The first kappa shape index (κ1) is 16.3. The lowest BCUT2D eigenvalue weighted by molar-refractivity contribution is 0.532. The summed E-state index contributed by atoms with van der Waals surface area (Å²) in [5.74, 6) is 1.47. The second-order valence-electron chi connectivity index (χ2n) is 6.59. The molecule has 0 aliphatic carbocycles. The highest BCUT2D eigenvalue weighted by molar-refractivity contribution is 5.74. The average Bonchev–Trinajstić information content (AvgIpc) is 2.78. The highest BCUT2D eigenvalue weighted by Gasteiger charge is 2.19. The molecule has 7 nitrogen and oxygen atoms in total. The van der Waals surface area contributed by atoms with Crippen LogP contribution in [0.2, 0.25) is 0 Å². The van der Waals surface area contributed by atoms with E-state index in [4.69, 9.17) is 0 Å². The van der Waals surface area contributed by atoms with E-state index in [1.54, 1.807) is 7.05 Å². The highest BCUT2D eigenvalue weighted by Crippen LogP contribution is 2.17. The third-order valence-electron chi connectivity index (χ3n) is 3.56. The minimum absolute atomic E-state index is 0.302. The largest absolute Gasteiger partial charge is 0.355 e. The van der Waals surface area contributed by atoms with E-state index in [0.29, 0.717) is 35.5 Å². The predicted octanol–water partition coefficient (Wildman–Crippen LogP) is 1.16. The monoisotopic (exact) mass is 307 g/mol. The van der Waals surface area contributed by atoms with Crippen LogP contribution in [0.25, 0.3) is 11.2 Å². The van der Waals surface area contributed by atoms with Crippen LogP contribution < -0.4 is 16.6 Å². The molecule has 0 unspecified atom stereocenters. The molecule has 2 aromatic heterocycles. The Morgan fingerprint density at radius 3 is 2.23 bits per heavy atom. The van der Waals surface area contributed by atoms with Gasteiger partial charge in [0, 0.05) is 27.2 Å². The van der Waals surface area contributed by atoms with Gasteiger partial charge in [0.1, 0.15) is 0 Å². The molecule has 0 amide bonds. The summed E-state index contributed by atoms with van der Waals surface area (Å²) >= 11 is 0. The molecule has 0 saturated heterocycles. The summed E-state index contributed by atoms with van der Waals surface area (Å²) < 4.78 is 4.45. The number of hydrogen-bond acceptors (Lipinski definition) is 4. The van der Waals surface area contributed by atoms with Crippen molar-refractivity contribution in [3.63, 3.8) is 0 Å². The van der Waals surface area contributed by atoms with Crippen molar-refractivity contribution in [3.05, 3.63) is 20.8 Å². The Morgan fingerprint density at radius 2 is 1.68 bits per heavy atom. The molecule has 0 aliphatic heterocycles. The van der Waals surface area contributed by atoms with E-state index in [0.717, 1.165) is 11.1 Å². The zero-order valence-corrected chi connectivity index (χ0v) is 14.2. The number of aromatic nitrogens is 4. The number of nitrogens with zero attached hydrogens (tertiary/aromatic N) is 4. The van der Waals surface area contributed by atoms with Crippen LogP contribution in [-0.4, -0.2) is 25.2 Å². The average molecular weight is 307 g/mol. The Morgan fingerprint density at radius 1 is 1.05 bits per heavy atom. The summed E-state index contributed by atoms with van der Waals surface area (Å²) in [6.45, 7) is 9.82. The van der Waals surface area contributed by atoms with Crippen molar-refractivity contribution < 1.29 is 0 Å². The van der Waals surface area contributed by atoms with Gasteiger partial charge in [-0.15, -0.1) is 0 Å². The third-order valence-corrected chi connectivity index (χ3v) is 3.56. The molecule has 2 aromatic rings. The standard InChI is InChI=1S/C15H25N5O2/c1-9(2)7-16-14-17-12-11(20(14)8-10(3)4)13(21)19(6)15(22)18(12)5/h9-10H,7-8H2,1-6H3,(H,16,17). The van der Waals surface area contributed by atoms with Gasteiger partial charge in [0.15, 0.2) is 11.2 Å². The second-order valence-corrected chi connectivity index (χ2v) is 6.59. The van der Waals surface area contributed by atoms with Crippen molar-refractivity contribution in [2.24, 2.45) is 25.9 Å². The van der Waals surface area contributed by atoms with Crippen molar-refractivity contribution in [1.29, 1.82) is 0 Å². The van der Waals surface area contributed by atoms with Crippen molar-refractivity contribution >= 4 is 17.1 Å². The molecule has 0 atom stereocenters. The molecule has 2 heterocycles. The maximum absolute atomic E-state index is 12.5. The molecule has 122 valence electrons. The summed E-state index contributed by atoms with van der Waals surface area (Å²) in [5.41, 5.74) is 0.246. The van der Waals surface area contributed by atoms with Gasteiger partial charge in [-0.3, -0.25) is 13.9 Å². The third kappa shape index (κ3) is 2.80. The van der Waals surface area contributed by atoms with Crippen LogP contribution in [0.1, 0.15) is 27.7 Å². The number of imidazole rings is 1. The van der Waals surface area contributed by atoms with Crippen LogP contribution in [0.4, 0.5) is 5.95 Å². The highest BCUT2D eigenvalue weighted by atomic mass is 16.2. The SMILES string of the molecule is CC(C)CNc1nc2c(c(=O)n(C)c(=O)n2C)n1CC(C)C. The number of aryl methyl sites for hydroxylation is 1. The fourth-order valence-electron chi connectivity index (χ4n) is 2.42. The summed E-state index contributed by atoms with van der Waals surface area (Å²) in [6.07, 6.45) is 0. The quantitative estimate of drug-likeness (QED) is 0.899. The summed E-state index contributed by atoms with van der Waals surface area (Å²) in [5, 5.41) is 3.29. The van der Waals surface area contributed by atoms with Crippen LogP contribution in [0.15, 0.2) is 9.59 Å². The molecule has 0 fully saturated rings. The smallest absolute Gasteiger partial charge is 0.332 e. The summed E-state index contributed by atoms with van der Waals surface area (Å²) in [6, 6.07) is 0. The first-order valence-corrected chi connectivity index (χ1v) is 7.64. The Hall–Kier alpha value is -2.05. The molecule has 0 spiro atoms. The van der Waals surface area contributed by atoms with Gasteiger partial charge in [0.05, 0.1) is 0 Å². The Balaban J connectivity index is 2.75. The zero-order chi connectivity index (χ0) is 16.6. The molecule has 22 heavy (non-hydrogen) atoms. The molecule has 0 aromatic carbocycles. The second kappa shape index (κ2) is 5.98. The Bertz CT molecular complexity index is 795. The van der Waals surface area contributed by atoms with Gasteiger partial charge in [-0.1, -0.05) is 27.7 Å². The molecular formula is C15H25N5O2. The van der Waals surface area contributed by atoms with E-state index in [-0.39, 0.29) is 11.2 Å². The van der Waals surface area contributed by atoms with Gasteiger partial charge in [-0.2, -0.15) is 4.98 Å². The first-order valence-electron chi connectivity index (χ1n) is 7.64.